The van der Waals surface area contributed by atoms with Crippen LogP contribution in [-0.4, -0.2) is 56.5 Å². The molecule has 13 heteroatoms. The quantitative estimate of drug-likeness (QED) is 0.312. The SMILES string of the molecule is COc1cc(C2C3=CCC4C(=O)N(C(N)=O)C(=O)C4C3CC3(Cl)C(=O)N(c4ccc(F)cc4)C(=O)C23Cl)ccc1O. The van der Waals surface area contributed by atoms with Crippen molar-refractivity contribution in [1.82, 2.24) is 4.90 Å². The van der Waals surface area contributed by atoms with E-state index in [1.54, 1.807) is 6.08 Å². The molecule has 2 saturated heterocycles. The molecule has 41 heavy (non-hydrogen) atoms. The number of benzene rings is 2. The Morgan fingerprint density at radius 2 is 1.73 bits per heavy atom. The maximum absolute atomic E-state index is 14.2. The molecule has 4 aliphatic rings. The summed E-state index contributed by atoms with van der Waals surface area (Å²) in [7, 11) is 1.33. The summed E-state index contributed by atoms with van der Waals surface area (Å²) in [5, 5.41) is 10.3. The van der Waals surface area contributed by atoms with E-state index in [1.807, 2.05) is 0 Å². The van der Waals surface area contributed by atoms with E-state index in [0.29, 0.717) is 16.0 Å². The van der Waals surface area contributed by atoms with Crippen molar-refractivity contribution in [3.63, 3.8) is 0 Å². The molecule has 6 amide bonds. The van der Waals surface area contributed by atoms with Crippen LogP contribution in [0, 0.1) is 23.6 Å². The van der Waals surface area contributed by atoms with Crippen molar-refractivity contribution < 1.29 is 38.2 Å². The van der Waals surface area contributed by atoms with Crippen LogP contribution in [0.2, 0.25) is 0 Å². The van der Waals surface area contributed by atoms with Crippen molar-refractivity contribution in [3.8, 4) is 11.5 Å². The van der Waals surface area contributed by atoms with Crippen LogP contribution in [0.5, 0.6) is 11.5 Å². The third-order valence-corrected chi connectivity index (χ3v) is 10.1. The van der Waals surface area contributed by atoms with Gasteiger partial charge in [0.15, 0.2) is 21.2 Å². The molecule has 2 aliphatic carbocycles. The number of nitrogens with zero attached hydrogens (tertiary/aromatic N) is 2. The summed E-state index contributed by atoms with van der Waals surface area (Å²) in [6, 6.07) is 7.71. The number of phenols is 1. The summed E-state index contributed by atoms with van der Waals surface area (Å²) in [5.74, 6) is -8.08. The Morgan fingerprint density at radius 1 is 1.05 bits per heavy atom. The number of carbonyl (C=O) groups excluding carboxylic acids is 5. The summed E-state index contributed by atoms with van der Waals surface area (Å²) in [4.78, 5) is 63.7. The Kier molecular flexibility index (Phi) is 5.99. The third kappa shape index (κ3) is 3.45. The molecule has 2 aromatic rings. The monoisotopic (exact) mass is 601 g/mol. The van der Waals surface area contributed by atoms with Gasteiger partial charge in [-0.2, -0.15) is 4.90 Å². The Morgan fingerprint density at radius 3 is 2.37 bits per heavy atom. The molecule has 2 aliphatic heterocycles. The van der Waals surface area contributed by atoms with Gasteiger partial charge < -0.3 is 15.6 Å². The van der Waals surface area contributed by atoms with Crippen LogP contribution in [0.15, 0.2) is 54.1 Å². The highest BCUT2D eigenvalue weighted by molar-refractivity contribution is 6.58. The van der Waals surface area contributed by atoms with Crippen LogP contribution in [0.25, 0.3) is 0 Å². The van der Waals surface area contributed by atoms with Gasteiger partial charge in [-0.1, -0.05) is 17.7 Å². The minimum Gasteiger partial charge on any atom is -0.504 e. The Labute approximate surface area is 242 Å². The largest absolute Gasteiger partial charge is 0.504 e. The van der Waals surface area contributed by atoms with Gasteiger partial charge in [0.25, 0.3) is 11.8 Å². The van der Waals surface area contributed by atoms with E-state index >= 15 is 0 Å². The average molecular weight is 602 g/mol. The molecule has 212 valence electrons. The molecule has 10 nitrogen and oxygen atoms in total. The Hall–Kier alpha value is -3.96. The number of fused-ring (bicyclic) bond motifs is 4. The molecule has 2 aromatic carbocycles. The lowest BCUT2D eigenvalue weighted by Crippen LogP contribution is -2.60. The molecule has 3 fully saturated rings. The van der Waals surface area contributed by atoms with Crippen LogP contribution in [-0.2, 0) is 19.2 Å². The molecular weight excluding hydrogens is 580 g/mol. The van der Waals surface area contributed by atoms with Crippen LogP contribution in [0.4, 0.5) is 14.9 Å². The second-order valence-corrected chi connectivity index (χ2v) is 11.8. The van der Waals surface area contributed by atoms with Gasteiger partial charge in [-0.05, 0) is 60.7 Å². The predicted molar refractivity (Wildman–Crippen MR) is 143 cm³/mol. The second kappa shape index (κ2) is 9.02. The van der Waals surface area contributed by atoms with E-state index in [4.69, 9.17) is 33.7 Å². The molecule has 2 heterocycles. The lowest BCUT2D eigenvalue weighted by molar-refractivity contribution is -0.136. The first kappa shape index (κ1) is 27.2. The number of imide groups is 4. The van der Waals surface area contributed by atoms with Gasteiger partial charge in [0, 0.05) is 5.92 Å². The molecule has 6 unspecified atom stereocenters. The van der Waals surface area contributed by atoms with E-state index in [-0.39, 0.29) is 30.0 Å². The lowest BCUT2D eigenvalue weighted by Gasteiger charge is -2.50. The van der Waals surface area contributed by atoms with Crippen LogP contribution >= 0.6 is 23.2 Å². The molecule has 0 radical (unpaired) electrons. The second-order valence-electron chi connectivity index (χ2n) is 10.5. The Bertz CT molecular complexity index is 1600. The molecule has 0 bridgehead atoms. The van der Waals surface area contributed by atoms with E-state index in [0.717, 1.165) is 17.0 Å². The van der Waals surface area contributed by atoms with Crippen LogP contribution in [0.1, 0.15) is 24.3 Å². The number of phenolic OH excluding ortho intramolecular Hbond substituents is 1. The number of ether oxygens (including phenoxy) is 1. The smallest absolute Gasteiger partial charge is 0.328 e. The van der Waals surface area contributed by atoms with Crippen LogP contribution < -0.4 is 15.4 Å². The zero-order chi connectivity index (χ0) is 29.6. The number of anilines is 1. The number of amides is 6. The molecule has 1 saturated carbocycles. The van der Waals surface area contributed by atoms with Crippen molar-refractivity contribution in [1.29, 1.82) is 0 Å². The van der Waals surface area contributed by atoms with Crippen molar-refractivity contribution in [2.24, 2.45) is 23.5 Å². The standard InChI is InChI=1S/C28H22Cl2FN3O7/c1-41-19-10-12(2-9-18(19)35)21-15-7-8-16-20(23(37)34(22(16)36)26(32)40)17(15)11-27(29)24(38)33(25(39)28(21,27)30)14-5-3-13(31)4-6-14/h2-7,9-10,16-17,20-21,35H,8,11H2,1H3,(H2,32,40). The lowest BCUT2D eigenvalue weighted by atomic mass is 9.56. The minimum atomic E-state index is -2.15. The number of aromatic hydroxyl groups is 1. The highest BCUT2D eigenvalue weighted by atomic mass is 35.5. The summed E-state index contributed by atoms with van der Waals surface area (Å²) in [6.45, 7) is 0. The van der Waals surface area contributed by atoms with Crippen molar-refractivity contribution in [2.45, 2.75) is 28.5 Å². The summed E-state index contributed by atoms with van der Waals surface area (Å²) in [6.07, 6.45) is 1.41. The zero-order valence-electron chi connectivity index (χ0n) is 21.3. The topological polar surface area (TPSA) is 147 Å². The number of urea groups is 1. The maximum atomic E-state index is 14.2. The number of likely N-dealkylation sites (tertiary alicyclic amines) is 1. The number of hydrogen-bond acceptors (Lipinski definition) is 7. The number of nitrogens with two attached hydrogens (primary N) is 1. The number of alkyl halides is 2. The van der Waals surface area contributed by atoms with E-state index in [1.165, 1.54) is 37.4 Å². The minimum absolute atomic E-state index is 0.0414. The number of allylic oxidation sites excluding steroid dienone is 2. The van der Waals surface area contributed by atoms with Gasteiger partial charge in [-0.15, -0.1) is 23.2 Å². The van der Waals surface area contributed by atoms with E-state index in [2.05, 4.69) is 0 Å². The van der Waals surface area contributed by atoms with Crippen molar-refractivity contribution in [2.75, 3.05) is 12.0 Å². The predicted octanol–water partition coefficient (Wildman–Crippen LogP) is 3.18. The number of carbonyl (C=O) groups is 5. The van der Waals surface area contributed by atoms with Gasteiger partial charge >= 0.3 is 6.03 Å². The van der Waals surface area contributed by atoms with E-state index < -0.39 is 68.9 Å². The normalized spacial score (nSPS) is 32.4. The van der Waals surface area contributed by atoms with E-state index in [9.17, 15) is 33.5 Å². The van der Waals surface area contributed by atoms with Crippen molar-refractivity contribution >= 4 is 58.5 Å². The fraction of sp³-hybridized carbons (Fsp3) is 0.321. The first-order valence-electron chi connectivity index (χ1n) is 12.6. The van der Waals surface area contributed by atoms with Gasteiger partial charge in [0.05, 0.1) is 24.6 Å². The number of halogens is 3. The number of methoxy groups -OCH3 is 1. The fourth-order valence-corrected chi connectivity index (χ4v) is 7.80. The van der Waals surface area contributed by atoms with Crippen LogP contribution in [0.3, 0.4) is 0 Å². The first-order chi connectivity index (χ1) is 19.4. The highest BCUT2D eigenvalue weighted by Gasteiger charge is 2.76. The van der Waals surface area contributed by atoms with Gasteiger partial charge in [0.1, 0.15) is 5.82 Å². The molecule has 0 aromatic heterocycles. The number of hydrogen-bond donors (Lipinski definition) is 2. The fourth-order valence-electron chi connectivity index (χ4n) is 6.86. The molecule has 6 atom stereocenters. The third-order valence-electron chi connectivity index (χ3n) is 8.65. The number of rotatable bonds is 3. The van der Waals surface area contributed by atoms with Gasteiger partial charge in [-0.3, -0.25) is 19.2 Å². The van der Waals surface area contributed by atoms with Crippen molar-refractivity contribution in [3.05, 3.63) is 65.5 Å². The van der Waals surface area contributed by atoms with Gasteiger partial charge in [0.2, 0.25) is 11.8 Å². The first-order valence-corrected chi connectivity index (χ1v) is 13.4. The zero-order valence-corrected chi connectivity index (χ0v) is 22.9. The van der Waals surface area contributed by atoms with Gasteiger partial charge in [-0.25, -0.2) is 14.1 Å². The molecule has 0 spiro atoms. The summed E-state index contributed by atoms with van der Waals surface area (Å²) >= 11 is 14.4. The molecule has 3 N–H and O–H groups in total. The Balaban J connectivity index is 1.57. The average Bonchev–Trinajstić information content (AvgIpc) is 3.28. The summed E-state index contributed by atoms with van der Waals surface area (Å²) < 4.78 is 19.0. The maximum Gasteiger partial charge on any atom is 0.328 e. The number of primary amides is 1. The summed E-state index contributed by atoms with van der Waals surface area (Å²) in [5.41, 5.74) is 6.20. The molecular formula is C28H22Cl2FN3O7. The highest BCUT2D eigenvalue weighted by Crippen LogP contribution is 2.66. The molecule has 6 rings (SSSR count).